The Hall–Kier alpha value is -1.39. The predicted octanol–water partition coefficient (Wildman–Crippen LogP) is 3.44. The van der Waals surface area contributed by atoms with Gasteiger partial charge in [-0.1, -0.05) is 45.0 Å². The standard InChI is InChI=1S/C21H34N2O2/c1-16(2)18-5-7-19(8-6-18)17(3)13-20(24)23-14-21(15-25-4)9-11-22-12-10-21/h5-8,16-17,22H,9-15H2,1-4H3,(H,23,24). The highest BCUT2D eigenvalue weighted by Crippen LogP contribution is 2.28. The summed E-state index contributed by atoms with van der Waals surface area (Å²) in [5.74, 6) is 0.900. The summed E-state index contributed by atoms with van der Waals surface area (Å²) in [7, 11) is 1.74. The van der Waals surface area contributed by atoms with Gasteiger partial charge in [-0.3, -0.25) is 4.79 Å². The van der Waals surface area contributed by atoms with Crippen LogP contribution in [0.2, 0.25) is 0 Å². The average molecular weight is 347 g/mol. The molecule has 0 aliphatic carbocycles. The van der Waals surface area contributed by atoms with Gasteiger partial charge in [-0.15, -0.1) is 0 Å². The molecule has 1 aromatic carbocycles. The maximum absolute atomic E-state index is 12.4. The molecule has 2 N–H and O–H groups in total. The minimum Gasteiger partial charge on any atom is -0.384 e. The predicted molar refractivity (Wildman–Crippen MR) is 103 cm³/mol. The molecule has 4 heteroatoms. The average Bonchev–Trinajstić information content (AvgIpc) is 2.61. The number of benzene rings is 1. The first-order chi connectivity index (χ1) is 12.0. The highest BCUT2D eigenvalue weighted by atomic mass is 16.5. The van der Waals surface area contributed by atoms with Crippen LogP contribution >= 0.6 is 0 Å². The molecule has 0 spiro atoms. The minimum absolute atomic E-state index is 0.0812. The summed E-state index contributed by atoms with van der Waals surface area (Å²) in [6, 6.07) is 8.67. The van der Waals surface area contributed by atoms with Crippen molar-refractivity contribution in [2.75, 3.05) is 33.4 Å². The summed E-state index contributed by atoms with van der Waals surface area (Å²) in [6.07, 6.45) is 2.63. The third kappa shape index (κ3) is 5.82. The van der Waals surface area contributed by atoms with Crippen molar-refractivity contribution in [2.45, 2.75) is 51.9 Å². The number of rotatable bonds is 8. The third-order valence-electron chi connectivity index (χ3n) is 5.44. The monoisotopic (exact) mass is 346 g/mol. The Bertz CT molecular complexity index is 528. The van der Waals surface area contributed by atoms with Gasteiger partial charge < -0.3 is 15.4 Å². The topological polar surface area (TPSA) is 50.4 Å². The first kappa shape index (κ1) is 19.9. The molecule has 0 aromatic heterocycles. The number of hydrogen-bond acceptors (Lipinski definition) is 3. The SMILES string of the molecule is COCC1(CNC(=O)CC(C)c2ccc(C(C)C)cc2)CCNCC1. The van der Waals surface area contributed by atoms with Crippen molar-refractivity contribution in [1.29, 1.82) is 0 Å². The molecule has 1 aromatic rings. The Morgan fingerprint density at radius 2 is 1.76 bits per heavy atom. The summed E-state index contributed by atoms with van der Waals surface area (Å²) in [4.78, 5) is 12.4. The van der Waals surface area contributed by atoms with E-state index in [1.54, 1.807) is 7.11 Å². The number of hydrogen-bond donors (Lipinski definition) is 2. The van der Waals surface area contributed by atoms with Crippen LogP contribution in [0.5, 0.6) is 0 Å². The van der Waals surface area contributed by atoms with E-state index in [1.807, 2.05) is 0 Å². The molecular formula is C21H34N2O2. The van der Waals surface area contributed by atoms with Gasteiger partial charge in [0.1, 0.15) is 0 Å². The van der Waals surface area contributed by atoms with Gasteiger partial charge in [0.2, 0.25) is 5.91 Å². The molecule has 25 heavy (non-hydrogen) atoms. The quantitative estimate of drug-likeness (QED) is 0.758. The van der Waals surface area contributed by atoms with Crippen LogP contribution in [0.15, 0.2) is 24.3 Å². The summed E-state index contributed by atoms with van der Waals surface area (Å²) in [5.41, 5.74) is 2.65. The molecule has 1 saturated heterocycles. The lowest BCUT2D eigenvalue weighted by Gasteiger charge is -2.37. The van der Waals surface area contributed by atoms with E-state index in [0.717, 1.165) is 25.9 Å². The van der Waals surface area contributed by atoms with Crippen molar-refractivity contribution in [2.24, 2.45) is 5.41 Å². The molecule has 1 aliphatic rings. The zero-order valence-electron chi connectivity index (χ0n) is 16.2. The van der Waals surface area contributed by atoms with Gasteiger partial charge >= 0.3 is 0 Å². The van der Waals surface area contributed by atoms with E-state index >= 15 is 0 Å². The van der Waals surface area contributed by atoms with Crippen molar-refractivity contribution in [1.82, 2.24) is 10.6 Å². The Kier molecular flexibility index (Phi) is 7.45. The first-order valence-corrected chi connectivity index (χ1v) is 9.52. The maximum Gasteiger partial charge on any atom is 0.220 e. The molecule has 1 atom stereocenters. The molecule has 0 saturated carbocycles. The number of carbonyl (C=O) groups is 1. The Balaban J connectivity index is 1.86. The number of piperidine rings is 1. The molecule has 1 heterocycles. The van der Waals surface area contributed by atoms with Crippen LogP contribution in [0.3, 0.4) is 0 Å². The number of carbonyl (C=O) groups excluding carboxylic acids is 1. The second-order valence-corrected chi connectivity index (χ2v) is 7.89. The smallest absolute Gasteiger partial charge is 0.220 e. The molecule has 4 nitrogen and oxygen atoms in total. The fourth-order valence-corrected chi connectivity index (χ4v) is 3.60. The second-order valence-electron chi connectivity index (χ2n) is 7.89. The largest absolute Gasteiger partial charge is 0.384 e. The minimum atomic E-state index is 0.0812. The van der Waals surface area contributed by atoms with Gasteiger partial charge in [-0.05, 0) is 48.9 Å². The molecule has 0 bridgehead atoms. The van der Waals surface area contributed by atoms with Gasteiger partial charge in [0.25, 0.3) is 0 Å². The van der Waals surface area contributed by atoms with Gasteiger partial charge in [-0.2, -0.15) is 0 Å². The number of nitrogens with one attached hydrogen (secondary N) is 2. The molecule has 1 aliphatic heterocycles. The van der Waals surface area contributed by atoms with Crippen molar-refractivity contribution < 1.29 is 9.53 Å². The summed E-state index contributed by atoms with van der Waals surface area (Å²) < 4.78 is 5.42. The second kappa shape index (κ2) is 9.35. The molecular weight excluding hydrogens is 312 g/mol. The van der Waals surface area contributed by atoms with Crippen LogP contribution in [0.1, 0.15) is 63.0 Å². The molecule has 0 radical (unpaired) electrons. The van der Waals surface area contributed by atoms with Gasteiger partial charge in [-0.25, -0.2) is 0 Å². The molecule has 2 rings (SSSR count). The highest BCUT2D eigenvalue weighted by Gasteiger charge is 2.32. The van der Waals surface area contributed by atoms with Crippen molar-refractivity contribution in [3.05, 3.63) is 35.4 Å². The lowest BCUT2D eigenvalue weighted by atomic mass is 9.79. The highest BCUT2D eigenvalue weighted by molar-refractivity contribution is 5.76. The molecule has 1 unspecified atom stereocenters. The van der Waals surface area contributed by atoms with Crippen LogP contribution in [-0.2, 0) is 9.53 Å². The van der Waals surface area contributed by atoms with Crippen molar-refractivity contribution in [3.63, 3.8) is 0 Å². The zero-order valence-corrected chi connectivity index (χ0v) is 16.2. The van der Waals surface area contributed by atoms with E-state index < -0.39 is 0 Å². The Labute approximate surface area is 152 Å². The summed E-state index contributed by atoms with van der Waals surface area (Å²) >= 11 is 0. The van der Waals surface area contributed by atoms with E-state index in [2.05, 4.69) is 55.7 Å². The van der Waals surface area contributed by atoms with Crippen molar-refractivity contribution >= 4 is 5.91 Å². The van der Waals surface area contributed by atoms with Crippen LogP contribution in [0.4, 0.5) is 0 Å². The first-order valence-electron chi connectivity index (χ1n) is 9.52. The summed E-state index contributed by atoms with van der Waals surface area (Å²) in [6.45, 7) is 9.93. The number of methoxy groups -OCH3 is 1. The van der Waals surface area contributed by atoms with Gasteiger partial charge in [0, 0.05) is 25.5 Å². The van der Waals surface area contributed by atoms with E-state index in [-0.39, 0.29) is 17.2 Å². The van der Waals surface area contributed by atoms with Crippen LogP contribution < -0.4 is 10.6 Å². The Morgan fingerprint density at radius 1 is 1.16 bits per heavy atom. The van der Waals surface area contributed by atoms with E-state index in [4.69, 9.17) is 4.74 Å². The maximum atomic E-state index is 12.4. The fourth-order valence-electron chi connectivity index (χ4n) is 3.60. The molecule has 140 valence electrons. The van der Waals surface area contributed by atoms with Gasteiger partial charge in [0.15, 0.2) is 0 Å². The lowest BCUT2D eigenvalue weighted by molar-refractivity contribution is -0.122. The zero-order chi connectivity index (χ0) is 18.3. The number of amides is 1. The molecule has 1 amide bonds. The van der Waals surface area contributed by atoms with E-state index in [0.29, 0.717) is 25.5 Å². The fraction of sp³-hybridized carbons (Fsp3) is 0.667. The summed E-state index contributed by atoms with van der Waals surface area (Å²) in [5, 5.41) is 6.54. The normalized spacial score (nSPS) is 18.1. The number of ether oxygens (including phenoxy) is 1. The van der Waals surface area contributed by atoms with Crippen LogP contribution in [-0.4, -0.2) is 39.3 Å². The van der Waals surface area contributed by atoms with Crippen LogP contribution in [0, 0.1) is 5.41 Å². The van der Waals surface area contributed by atoms with Crippen LogP contribution in [0.25, 0.3) is 0 Å². The van der Waals surface area contributed by atoms with E-state index in [9.17, 15) is 4.79 Å². The lowest BCUT2D eigenvalue weighted by Crippen LogP contribution is -2.47. The van der Waals surface area contributed by atoms with Crippen molar-refractivity contribution in [3.8, 4) is 0 Å². The van der Waals surface area contributed by atoms with Gasteiger partial charge in [0.05, 0.1) is 6.61 Å². The molecule has 1 fully saturated rings. The Morgan fingerprint density at radius 3 is 2.32 bits per heavy atom. The van der Waals surface area contributed by atoms with E-state index in [1.165, 1.54) is 11.1 Å². The third-order valence-corrected chi connectivity index (χ3v) is 5.44.